The molecule has 3 saturated heterocycles. The fraction of sp³-hybridized carbons (Fsp3) is 0.429. The number of benzene rings is 1. The summed E-state index contributed by atoms with van der Waals surface area (Å²) in [5.41, 5.74) is 2.00. The fourth-order valence-corrected chi connectivity index (χ4v) is 4.85. The average molecular weight is 384 g/mol. The number of amides is 1. The number of ether oxygens (including phenoxy) is 1. The third-order valence-corrected chi connectivity index (χ3v) is 6.44. The van der Waals surface area contributed by atoms with Crippen molar-refractivity contribution in [1.82, 2.24) is 9.88 Å². The molecule has 3 aliphatic heterocycles. The monoisotopic (exact) mass is 383 g/mol. The summed E-state index contributed by atoms with van der Waals surface area (Å²) in [6.07, 6.45) is 8.34. The van der Waals surface area contributed by atoms with Crippen molar-refractivity contribution in [3.63, 3.8) is 0 Å². The number of pyridine rings is 1. The van der Waals surface area contributed by atoms with Crippen LogP contribution in [0, 0.1) is 5.92 Å². The van der Waals surface area contributed by atoms with Crippen LogP contribution in [0.4, 0.5) is 10.5 Å². The molecule has 0 aliphatic carbocycles. The molecule has 0 unspecified atom stereocenters. The average Bonchev–Trinajstić information content (AvgIpc) is 2.71. The second-order valence-corrected chi connectivity index (χ2v) is 8.05. The van der Waals surface area contributed by atoms with E-state index in [9.17, 15) is 4.79 Å². The second kappa shape index (κ2) is 8.31. The molecule has 4 heterocycles. The summed E-state index contributed by atoms with van der Waals surface area (Å²) in [6, 6.07) is 12.1. The highest BCUT2D eigenvalue weighted by atomic mass is 32.2. The summed E-state index contributed by atoms with van der Waals surface area (Å²) >= 11 is 1.61. The molecule has 5 nitrogen and oxygen atoms in total. The number of piperidine rings is 3. The van der Waals surface area contributed by atoms with Gasteiger partial charge >= 0.3 is 6.09 Å². The SMILES string of the molecule is CSc1ccccc1NC(=O)O[C@H]1C2CCN(CC2)[C@H]1Cc1cccnc1. The number of carbonyl (C=O) groups excluding carboxylic acids is 1. The predicted molar refractivity (Wildman–Crippen MR) is 108 cm³/mol. The van der Waals surface area contributed by atoms with Crippen molar-refractivity contribution in [3.8, 4) is 0 Å². The van der Waals surface area contributed by atoms with E-state index in [-0.39, 0.29) is 18.2 Å². The number of hydrogen-bond donors (Lipinski definition) is 1. The van der Waals surface area contributed by atoms with E-state index in [1.165, 1.54) is 5.56 Å². The summed E-state index contributed by atoms with van der Waals surface area (Å²) < 4.78 is 5.99. The van der Waals surface area contributed by atoms with Crippen LogP contribution in [0.5, 0.6) is 0 Å². The molecular formula is C21H25N3O2S. The van der Waals surface area contributed by atoms with Gasteiger partial charge in [-0.2, -0.15) is 0 Å². The van der Waals surface area contributed by atoms with Gasteiger partial charge in [0.15, 0.2) is 0 Å². The Balaban J connectivity index is 1.47. The van der Waals surface area contributed by atoms with Gasteiger partial charge in [0.25, 0.3) is 0 Å². The van der Waals surface area contributed by atoms with Crippen LogP contribution in [-0.4, -0.2) is 47.5 Å². The van der Waals surface area contributed by atoms with Gasteiger partial charge in [0, 0.05) is 23.2 Å². The zero-order valence-electron chi connectivity index (χ0n) is 15.5. The Bertz CT molecular complexity index is 778. The molecule has 2 atom stereocenters. The minimum atomic E-state index is -0.355. The van der Waals surface area contributed by atoms with E-state index >= 15 is 0 Å². The number of aromatic nitrogens is 1. The number of hydrogen-bond acceptors (Lipinski definition) is 5. The highest BCUT2D eigenvalue weighted by Gasteiger charge is 2.44. The van der Waals surface area contributed by atoms with E-state index in [2.05, 4.69) is 21.3 Å². The number of thioether (sulfide) groups is 1. The zero-order valence-corrected chi connectivity index (χ0v) is 16.3. The van der Waals surface area contributed by atoms with Gasteiger partial charge in [0.1, 0.15) is 6.10 Å². The van der Waals surface area contributed by atoms with Gasteiger partial charge in [-0.05, 0) is 62.4 Å². The van der Waals surface area contributed by atoms with Crippen molar-refractivity contribution in [2.24, 2.45) is 5.92 Å². The van der Waals surface area contributed by atoms with E-state index in [4.69, 9.17) is 4.74 Å². The highest BCUT2D eigenvalue weighted by molar-refractivity contribution is 7.98. The standard InChI is InChI=1S/C21H25N3O2S/c1-27-19-7-3-2-6-17(19)23-21(25)26-20-16-8-11-24(12-9-16)18(20)13-15-5-4-10-22-14-15/h2-7,10,14,16,18,20H,8-9,11-13H2,1H3,(H,23,25)/t18-,20-/m0/s1. The van der Waals surface area contributed by atoms with Crippen LogP contribution < -0.4 is 5.32 Å². The van der Waals surface area contributed by atoms with Crippen LogP contribution in [0.15, 0.2) is 53.7 Å². The number of nitrogens with one attached hydrogen (secondary N) is 1. The summed E-state index contributed by atoms with van der Waals surface area (Å²) in [4.78, 5) is 20.4. The Hall–Kier alpha value is -2.05. The van der Waals surface area contributed by atoms with Gasteiger partial charge < -0.3 is 4.74 Å². The molecule has 1 amide bonds. The van der Waals surface area contributed by atoms with Crippen molar-refractivity contribution in [2.45, 2.75) is 36.3 Å². The lowest BCUT2D eigenvalue weighted by Crippen LogP contribution is -2.60. The Morgan fingerprint density at radius 3 is 2.81 bits per heavy atom. The van der Waals surface area contributed by atoms with E-state index in [0.29, 0.717) is 5.92 Å². The van der Waals surface area contributed by atoms with Crippen LogP contribution in [-0.2, 0) is 11.2 Å². The number of rotatable bonds is 5. The van der Waals surface area contributed by atoms with Gasteiger partial charge in [-0.3, -0.25) is 15.2 Å². The molecule has 0 saturated carbocycles. The molecule has 3 aliphatic rings. The van der Waals surface area contributed by atoms with E-state index < -0.39 is 0 Å². The molecule has 27 heavy (non-hydrogen) atoms. The lowest BCUT2D eigenvalue weighted by molar-refractivity contribution is -0.0741. The molecular weight excluding hydrogens is 358 g/mol. The highest BCUT2D eigenvalue weighted by Crippen LogP contribution is 2.36. The number of anilines is 1. The van der Waals surface area contributed by atoms with Gasteiger partial charge in [0.2, 0.25) is 0 Å². The maximum atomic E-state index is 12.6. The van der Waals surface area contributed by atoms with Crippen molar-refractivity contribution >= 4 is 23.5 Å². The largest absolute Gasteiger partial charge is 0.444 e. The zero-order chi connectivity index (χ0) is 18.6. The Labute approximate surface area is 164 Å². The Kier molecular flexibility index (Phi) is 5.64. The molecule has 1 aromatic heterocycles. The predicted octanol–water partition coefficient (Wildman–Crippen LogP) is 4.06. The first-order valence-corrected chi connectivity index (χ1v) is 10.7. The summed E-state index contributed by atoms with van der Waals surface area (Å²) in [5, 5.41) is 2.94. The molecule has 0 spiro atoms. The minimum Gasteiger partial charge on any atom is -0.444 e. The van der Waals surface area contributed by atoms with Crippen molar-refractivity contribution < 1.29 is 9.53 Å². The fourth-order valence-electron chi connectivity index (χ4n) is 4.29. The van der Waals surface area contributed by atoms with Crippen molar-refractivity contribution in [1.29, 1.82) is 0 Å². The Morgan fingerprint density at radius 1 is 1.26 bits per heavy atom. The lowest BCUT2D eigenvalue weighted by Gasteiger charge is -2.50. The number of fused-ring (bicyclic) bond motifs is 3. The van der Waals surface area contributed by atoms with Crippen molar-refractivity contribution in [2.75, 3.05) is 24.7 Å². The number of carbonyl (C=O) groups is 1. The number of para-hydroxylation sites is 1. The molecule has 3 fully saturated rings. The molecule has 2 bridgehead atoms. The number of nitrogens with zero attached hydrogens (tertiary/aromatic N) is 2. The quantitative estimate of drug-likeness (QED) is 0.789. The maximum absolute atomic E-state index is 12.6. The third kappa shape index (κ3) is 4.12. The van der Waals surface area contributed by atoms with Crippen LogP contribution >= 0.6 is 11.8 Å². The van der Waals surface area contributed by atoms with E-state index in [0.717, 1.165) is 42.9 Å². The van der Waals surface area contributed by atoms with Crippen LogP contribution in [0.25, 0.3) is 0 Å². The van der Waals surface area contributed by atoms with Crippen LogP contribution in [0.2, 0.25) is 0 Å². The first kappa shape index (κ1) is 18.3. The van der Waals surface area contributed by atoms with Gasteiger partial charge in [-0.25, -0.2) is 4.79 Å². The van der Waals surface area contributed by atoms with Gasteiger partial charge in [0.05, 0.1) is 11.7 Å². The normalized spacial score (nSPS) is 26.6. The molecule has 1 aromatic carbocycles. The molecule has 2 aromatic rings. The van der Waals surface area contributed by atoms with Gasteiger partial charge in [-0.15, -0.1) is 11.8 Å². The Morgan fingerprint density at radius 2 is 2.07 bits per heavy atom. The van der Waals surface area contributed by atoms with E-state index in [1.807, 2.05) is 42.8 Å². The molecule has 5 rings (SSSR count). The van der Waals surface area contributed by atoms with Crippen molar-refractivity contribution in [3.05, 3.63) is 54.4 Å². The summed E-state index contributed by atoms with van der Waals surface area (Å²) in [7, 11) is 0. The van der Waals surface area contributed by atoms with E-state index in [1.54, 1.807) is 18.0 Å². The molecule has 6 heteroatoms. The minimum absolute atomic E-state index is 0.0749. The van der Waals surface area contributed by atoms with Gasteiger partial charge in [-0.1, -0.05) is 18.2 Å². The lowest BCUT2D eigenvalue weighted by atomic mass is 9.78. The first-order valence-electron chi connectivity index (χ1n) is 9.48. The smallest absolute Gasteiger partial charge is 0.411 e. The summed E-state index contributed by atoms with van der Waals surface area (Å²) in [6.45, 7) is 2.18. The molecule has 142 valence electrons. The second-order valence-electron chi connectivity index (χ2n) is 7.20. The molecule has 0 radical (unpaired) electrons. The third-order valence-electron chi connectivity index (χ3n) is 5.64. The maximum Gasteiger partial charge on any atom is 0.411 e. The first-order chi connectivity index (χ1) is 13.2. The van der Waals surface area contributed by atoms with Crippen LogP contribution in [0.1, 0.15) is 18.4 Å². The topological polar surface area (TPSA) is 54.5 Å². The molecule has 1 N–H and O–H groups in total. The summed E-state index contributed by atoms with van der Waals surface area (Å²) in [5.74, 6) is 0.443. The van der Waals surface area contributed by atoms with Crippen LogP contribution in [0.3, 0.4) is 0 Å².